The van der Waals surface area contributed by atoms with Gasteiger partial charge in [0.15, 0.2) is 5.82 Å². The van der Waals surface area contributed by atoms with Crippen LogP contribution in [0, 0.1) is 18.3 Å². The highest BCUT2D eigenvalue weighted by atomic mass is 32.2. The monoisotopic (exact) mass is 401 g/mol. The number of nitrogens with zero attached hydrogens (tertiary/aromatic N) is 2. The van der Waals surface area contributed by atoms with Crippen LogP contribution in [-0.2, 0) is 0 Å². The van der Waals surface area contributed by atoms with Crippen molar-refractivity contribution in [1.29, 1.82) is 5.26 Å². The molecule has 2 aromatic heterocycles. The SMILES string of the molecule is Cc1ccc(Sc2ccc(/C=C(\C#N)c3nc4ccccc4c(=O)[nH]3)s2)cc1. The zero-order valence-electron chi connectivity index (χ0n) is 15.0. The lowest BCUT2D eigenvalue weighted by Gasteiger charge is -2.01. The lowest BCUT2D eigenvalue weighted by molar-refractivity contribution is 1.13. The number of hydrogen-bond acceptors (Lipinski definition) is 5. The van der Waals surface area contributed by atoms with E-state index in [-0.39, 0.29) is 11.4 Å². The fraction of sp³-hybridized carbons (Fsp3) is 0.0455. The van der Waals surface area contributed by atoms with Crippen molar-refractivity contribution in [2.75, 3.05) is 0 Å². The number of thiophene rings is 1. The molecule has 6 heteroatoms. The molecule has 0 saturated heterocycles. The Labute approximate surface area is 170 Å². The summed E-state index contributed by atoms with van der Waals surface area (Å²) in [6.45, 7) is 2.07. The second kappa shape index (κ2) is 7.85. The highest BCUT2D eigenvalue weighted by Gasteiger charge is 2.09. The number of aromatic amines is 1. The minimum Gasteiger partial charge on any atom is -0.305 e. The molecule has 28 heavy (non-hydrogen) atoms. The van der Waals surface area contributed by atoms with Gasteiger partial charge in [0, 0.05) is 9.77 Å². The van der Waals surface area contributed by atoms with Gasteiger partial charge in [-0.3, -0.25) is 4.79 Å². The number of fused-ring (bicyclic) bond motifs is 1. The van der Waals surface area contributed by atoms with Crippen LogP contribution >= 0.6 is 23.1 Å². The van der Waals surface area contributed by atoms with E-state index in [0.717, 1.165) is 9.09 Å². The van der Waals surface area contributed by atoms with Gasteiger partial charge >= 0.3 is 0 Å². The topological polar surface area (TPSA) is 69.5 Å². The van der Waals surface area contributed by atoms with Gasteiger partial charge in [0.1, 0.15) is 6.07 Å². The lowest BCUT2D eigenvalue weighted by Crippen LogP contribution is -2.11. The van der Waals surface area contributed by atoms with E-state index in [4.69, 9.17) is 0 Å². The van der Waals surface area contributed by atoms with Crippen LogP contribution in [0.2, 0.25) is 0 Å². The van der Waals surface area contributed by atoms with Gasteiger partial charge in [0.2, 0.25) is 0 Å². The van der Waals surface area contributed by atoms with Gasteiger partial charge in [-0.15, -0.1) is 11.3 Å². The Bertz CT molecular complexity index is 1280. The van der Waals surface area contributed by atoms with Crippen LogP contribution in [0.25, 0.3) is 22.6 Å². The standard InChI is InChI=1S/C22H15N3OS2/c1-14-6-8-16(9-7-14)27-20-11-10-17(28-20)12-15(13-23)21-24-19-5-3-2-4-18(19)22(26)25-21/h2-12H,1H3,(H,24,25,26)/b15-12+. The molecule has 4 nitrogen and oxygen atoms in total. The molecule has 1 N–H and O–H groups in total. The van der Waals surface area contributed by atoms with Crippen molar-refractivity contribution in [2.45, 2.75) is 16.0 Å². The van der Waals surface area contributed by atoms with Crippen molar-refractivity contribution in [2.24, 2.45) is 0 Å². The van der Waals surface area contributed by atoms with Gasteiger partial charge in [-0.1, -0.05) is 41.6 Å². The number of aryl methyl sites for hydroxylation is 1. The van der Waals surface area contributed by atoms with Crippen LogP contribution in [0.1, 0.15) is 16.3 Å². The van der Waals surface area contributed by atoms with Gasteiger partial charge in [0.05, 0.1) is 20.7 Å². The molecule has 2 heterocycles. The Balaban J connectivity index is 1.64. The number of para-hydroxylation sites is 1. The first-order valence-corrected chi connectivity index (χ1v) is 10.2. The van der Waals surface area contributed by atoms with Crippen molar-refractivity contribution in [3.63, 3.8) is 0 Å². The molecule has 2 aromatic carbocycles. The van der Waals surface area contributed by atoms with Crippen molar-refractivity contribution >= 4 is 45.7 Å². The predicted molar refractivity (Wildman–Crippen MR) is 115 cm³/mol. The highest BCUT2D eigenvalue weighted by Crippen LogP contribution is 2.34. The summed E-state index contributed by atoms with van der Waals surface area (Å²) >= 11 is 3.28. The Morgan fingerprint density at radius 1 is 1.14 bits per heavy atom. The average molecular weight is 402 g/mol. The van der Waals surface area contributed by atoms with Crippen LogP contribution in [0.15, 0.2) is 74.6 Å². The third-order valence-corrected chi connectivity index (χ3v) is 6.29. The zero-order chi connectivity index (χ0) is 19.5. The van der Waals surface area contributed by atoms with Gasteiger partial charge in [-0.25, -0.2) is 4.98 Å². The largest absolute Gasteiger partial charge is 0.305 e. The smallest absolute Gasteiger partial charge is 0.259 e. The number of H-pyrrole nitrogens is 1. The number of rotatable bonds is 4. The maximum atomic E-state index is 12.3. The van der Waals surface area contributed by atoms with Crippen molar-refractivity contribution in [1.82, 2.24) is 9.97 Å². The molecule has 0 bridgehead atoms. The zero-order valence-corrected chi connectivity index (χ0v) is 16.6. The number of aromatic nitrogens is 2. The van der Waals surface area contributed by atoms with E-state index in [0.29, 0.717) is 16.5 Å². The van der Waals surface area contributed by atoms with E-state index in [1.54, 1.807) is 47.4 Å². The fourth-order valence-corrected chi connectivity index (χ4v) is 4.76. The Morgan fingerprint density at radius 3 is 2.71 bits per heavy atom. The third-order valence-electron chi connectivity index (χ3n) is 4.12. The van der Waals surface area contributed by atoms with Crippen molar-refractivity contribution in [3.05, 3.63) is 87.3 Å². The highest BCUT2D eigenvalue weighted by molar-refractivity contribution is 8.01. The molecule has 136 valence electrons. The molecule has 0 aliphatic heterocycles. The second-order valence-corrected chi connectivity index (χ2v) is 8.66. The number of benzene rings is 2. The maximum absolute atomic E-state index is 12.3. The van der Waals surface area contributed by atoms with E-state index in [9.17, 15) is 10.1 Å². The molecule has 0 radical (unpaired) electrons. The van der Waals surface area contributed by atoms with Gasteiger partial charge in [-0.05, 0) is 49.4 Å². The molecule has 0 atom stereocenters. The summed E-state index contributed by atoms with van der Waals surface area (Å²) in [7, 11) is 0. The molecular formula is C22H15N3OS2. The summed E-state index contributed by atoms with van der Waals surface area (Å²) in [5.41, 5.74) is 1.89. The fourth-order valence-electron chi connectivity index (χ4n) is 2.70. The predicted octanol–water partition coefficient (Wildman–Crippen LogP) is 5.51. The number of allylic oxidation sites excluding steroid dienone is 1. The molecule has 0 saturated carbocycles. The first-order valence-electron chi connectivity index (χ1n) is 8.58. The Morgan fingerprint density at radius 2 is 1.93 bits per heavy atom. The Hall–Kier alpha value is -3.14. The number of hydrogen-bond donors (Lipinski definition) is 1. The summed E-state index contributed by atoms with van der Waals surface area (Å²) in [5, 5.41) is 10.1. The van der Waals surface area contributed by atoms with Crippen LogP contribution in [0.3, 0.4) is 0 Å². The van der Waals surface area contributed by atoms with Crippen molar-refractivity contribution < 1.29 is 0 Å². The third kappa shape index (κ3) is 3.91. The molecule has 0 amide bonds. The van der Waals surface area contributed by atoms with Crippen LogP contribution < -0.4 is 5.56 Å². The number of nitriles is 1. The van der Waals surface area contributed by atoms with E-state index in [1.807, 2.05) is 18.2 Å². The lowest BCUT2D eigenvalue weighted by atomic mass is 10.2. The van der Waals surface area contributed by atoms with E-state index < -0.39 is 0 Å². The average Bonchev–Trinajstić information content (AvgIpc) is 3.15. The van der Waals surface area contributed by atoms with Crippen LogP contribution in [0.5, 0.6) is 0 Å². The Kier molecular flexibility index (Phi) is 5.11. The molecule has 0 fully saturated rings. The van der Waals surface area contributed by atoms with Gasteiger partial charge in [0.25, 0.3) is 5.56 Å². The van der Waals surface area contributed by atoms with E-state index >= 15 is 0 Å². The molecule has 0 aliphatic rings. The van der Waals surface area contributed by atoms with E-state index in [2.05, 4.69) is 47.2 Å². The molecule has 4 aromatic rings. The summed E-state index contributed by atoms with van der Waals surface area (Å²) in [4.78, 5) is 21.5. The van der Waals surface area contributed by atoms with Crippen molar-refractivity contribution in [3.8, 4) is 6.07 Å². The van der Waals surface area contributed by atoms with Gasteiger partial charge in [-0.2, -0.15) is 5.26 Å². The molecular weight excluding hydrogens is 386 g/mol. The maximum Gasteiger partial charge on any atom is 0.259 e. The van der Waals surface area contributed by atoms with Crippen LogP contribution in [0.4, 0.5) is 0 Å². The molecule has 0 unspecified atom stereocenters. The quantitative estimate of drug-likeness (QED) is 0.458. The molecule has 0 aliphatic carbocycles. The van der Waals surface area contributed by atoms with Crippen LogP contribution in [-0.4, -0.2) is 9.97 Å². The van der Waals surface area contributed by atoms with E-state index in [1.165, 1.54) is 10.5 Å². The summed E-state index contributed by atoms with van der Waals surface area (Å²) in [6.07, 6.45) is 1.76. The minimum atomic E-state index is -0.247. The number of nitrogens with one attached hydrogen (secondary N) is 1. The second-order valence-electron chi connectivity index (χ2n) is 6.17. The summed E-state index contributed by atoms with van der Waals surface area (Å²) in [6, 6.07) is 21.6. The summed E-state index contributed by atoms with van der Waals surface area (Å²) < 4.78 is 1.13. The minimum absolute atomic E-state index is 0.247. The first-order chi connectivity index (χ1) is 13.6. The molecule has 4 rings (SSSR count). The normalized spacial score (nSPS) is 11.5. The molecule has 0 spiro atoms. The summed E-state index contributed by atoms with van der Waals surface area (Å²) in [5.74, 6) is 0.285. The first kappa shape index (κ1) is 18.2. The van der Waals surface area contributed by atoms with Gasteiger partial charge < -0.3 is 4.98 Å².